The summed E-state index contributed by atoms with van der Waals surface area (Å²) in [6, 6.07) is 13.8. The minimum atomic E-state index is -0.936. The number of rotatable bonds is 6. The molecule has 1 aliphatic carbocycles. The molecule has 1 aliphatic rings. The summed E-state index contributed by atoms with van der Waals surface area (Å²) >= 11 is 0. The fourth-order valence-corrected chi connectivity index (χ4v) is 3.83. The second kappa shape index (κ2) is 9.70. The fourth-order valence-electron chi connectivity index (χ4n) is 3.83. The molecule has 0 saturated heterocycles. The number of nitrogens with one attached hydrogen (secondary N) is 1. The summed E-state index contributed by atoms with van der Waals surface area (Å²) in [6.07, 6.45) is 3.38. The van der Waals surface area contributed by atoms with Gasteiger partial charge in [0.25, 0.3) is 5.91 Å². The number of hydrogen-bond acceptors (Lipinski definition) is 4. The molecule has 0 aliphatic heterocycles. The molecule has 0 spiro atoms. The number of ether oxygens (including phenoxy) is 1. The van der Waals surface area contributed by atoms with E-state index in [1.54, 1.807) is 43.3 Å². The van der Waals surface area contributed by atoms with Crippen molar-refractivity contribution in [3.63, 3.8) is 0 Å². The highest BCUT2D eigenvalue weighted by Crippen LogP contribution is 2.24. The van der Waals surface area contributed by atoms with Crippen LogP contribution in [0.3, 0.4) is 0 Å². The first kappa shape index (κ1) is 21.8. The Bertz CT molecular complexity index is 919. The van der Waals surface area contributed by atoms with Crippen molar-refractivity contribution in [2.45, 2.75) is 58.6 Å². The van der Waals surface area contributed by atoms with E-state index in [1.807, 2.05) is 19.1 Å². The van der Waals surface area contributed by atoms with Gasteiger partial charge in [-0.3, -0.25) is 9.59 Å². The first-order valence-corrected chi connectivity index (χ1v) is 10.6. The number of amides is 1. The molecule has 0 unspecified atom stereocenters. The molecular weight excluding hydrogens is 378 g/mol. The summed E-state index contributed by atoms with van der Waals surface area (Å²) in [5.74, 6) is -0.816. The van der Waals surface area contributed by atoms with E-state index in [2.05, 4.69) is 12.2 Å². The minimum Gasteiger partial charge on any atom is -0.449 e. The normalized spacial score (nSPS) is 19.6. The predicted molar refractivity (Wildman–Crippen MR) is 115 cm³/mol. The van der Waals surface area contributed by atoms with Gasteiger partial charge in [-0.2, -0.15) is 0 Å². The Morgan fingerprint density at radius 1 is 0.967 bits per heavy atom. The van der Waals surface area contributed by atoms with E-state index in [1.165, 1.54) is 6.42 Å². The number of ketones is 1. The van der Waals surface area contributed by atoms with Crippen molar-refractivity contribution in [2.24, 2.45) is 5.92 Å². The zero-order valence-corrected chi connectivity index (χ0v) is 17.8. The van der Waals surface area contributed by atoms with Gasteiger partial charge in [-0.15, -0.1) is 0 Å². The van der Waals surface area contributed by atoms with Gasteiger partial charge in [0, 0.05) is 17.2 Å². The maximum Gasteiger partial charge on any atom is 0.339 e. The Kier molecular flexibility index (Phi) is 7.03. The average molecular weight is 408 g/mol. The highest BCUT2D eigenvalue weighted by molar-refractivity contribution is 6.14. The second-order valence-corrected chi connectivity index (χ2v) is 8.17. The highest BCUT2D eigenvalue weighted by Gasteiger charge is 2.27. The Labute approximate surface area is 177 Å². The van der Waals surface area contributed by atoms with Crippen LogP contribution in [0.2, 0.25) is 0 Å². The molecule has 1 N–H and O–H groups in total. The molecule has 1 fully saturated rings. The zero-order valence-electron chi connectivity index (χ0n) is 17.8. The van der Waals surface area contributed by atoms with E-state index in [0.717, 1.165) is 24.8 Å². The van der Waals surface area contributed by atoms with Crippen LogP contribution in [0.5, 0.6) is 0 Å². The Hall–Kier alpha value is -2.95. The standard InChI is InChI=1S/C25H29NO4/c1-16-12-14-19(15-13-16)23(27)20-9-5-6-10-21(20)25(29)30-18(3)24(28)26-22-11-7-4-8-17(22)2/h5-6,9-10,12-15,17-18,22H,4,7-8,11H2,1-3H3,(H,26,28)/t17-,18+,22+/m0/s1. The molecule has 5 nitrogen and oxygen atoms in total. The van der Waals surface area contributed by atoms with Gasteiger partial charge in [0.05, 0.1) is 5.56 Å². The van der Waals surface area contributed by atoms with Crippen molar-refractivity contribution in [3.8, 4) is 0 Å². The Balaban J connectivity index is 1.70. The number of esters is 1. The second-order valence-electron chi connectivity index (χ2n) is 8.17. The van der Waals surface area contributed by atoms with E-state index in [9.17, 15) is 14.4 Å². The number of aryl methyl sites for hydroxylation is 1. The lowest BCUT2D eigenvalue weighted by Gasteiger charge is -2.30. The summed E-state index contributed by atoms with van der Waals surface area (Å²) in [5, 5.41) is 3.01. The summed E-state index contributed by atoms with van der Waals surface area (Å²) in [7, 11) is 0. The van der Waals surface area contributed by atoms with E-state index < -0.39 is 12.1 Å². The fraction of sp³-hybridized carbons (Fsp3) is 0.400. The van der Waals surface area contributed by atoms with Gasteiger partial charge in [0.2, 0.25) is 0 Å². The van der Waals surface area contributed by atoms with E-state index >= 15 is 0 Å². The first-order chi connectivity index (χ1) is 14.4. The van der Waals surface area contributed by atoms with Crippen molar-refractivity contribution < 1.29 is 19.1 Å². The molecule has 158 valence electrons. The summed E-state index contributed by atoms with van der Waals surface area (Å²) in [5.41, 5.74) is 1.97. The van der Waals surface area contributed by atoms with Gasteiger partial charge < -0.3 is 10.1 Å². The summed E-state index contributed by atoms with van der Waals surface area (Å²) < 4.78 is 5.42. The molecule has 0 aromatic heterocycles. The van der Waals surface area contributed by atoms with Crippen molar-refractivity contribution in [2.75, 3.05) is 0 Å². The van der Waals surface area contributed by atoms with Crippen LogP contribution in [0.25, 0.3) is 0 Å². The lowest BCUT2D eigenvalue weighted by atomic mass is 9.86. The minimum absolute atomic E-state index is 0.114. The topological polar surface area (TPSA) is 72.5 Å². The SMILES string of the molecule is Cc1ccc(C(=O)c2ccccc2C(=O)O[C@H](C)C(=O)N[C@@H]2CCCC[C@@H]2C)cc1. The van der Waals surface area contributed by atoms with Gasteiger partial charge in [-0.25, -0.2) is 4.79 Å². The molecule has 2 aromatic rings. The molecule has 3 rings (SSSR count). The van der Waals surface area contributed by atoms with Gasteiger partial charge in [-0.05, 0) is 38.7 Å². The molecule has 3 atom stereocenters. The Morgan fingerprint density at radius 3 is 2.27 bits per heavy atom. The molecule has 1 saturated carbocycles. The lowest BCUT2D eigenvalue weighted by molar-refractivity contribution is -0.130. The molecule has 30 heavy (non-hydrogen) atoms. The zero-order chi connectivity index (χ0) is 21.7. The maximum atomic E-state index is 12.9. The summed E-state index contributed by atoms with van der Waals surface area (Å²) in [4.78, 5) is 38.2. The third-order valence-corrected chi connectivity index (χ3v) is 5.80. The van der Waals surface area contributed by atoms with E-state index in [-0.39, 0.29) is 28.9 Å². The molecule has 0 heterocycles. The van der Waals surface area contributed by atoms with E-state index in [0.29, 0.717) is 11.5 Å². The molecular formula is C25H29NO4. The largest absolute Gasteiger partial charge is 0.449 e. The maximum absolute atomic E-state index is 12.9. The number of hydrogen-bond donors (Lipinski definition) is 1. The monoisotopic (exact) mass is 407 g/mol. The molecule has 0 bridgehead atoms. The van der Waals surface area contributed by atoms with Crippen LogP contribution >= 0.6 is 0 Å². The van der Waals surface area contributed by atoms with Crippen molar-refractivity contribution in [1.82, 2.24) is 5.32 Å². The van der Waals surface area contributed by atoms with Gasteiger partial charge in [-0.1, -0.05) is 67.8 Å². The molecule has 2 aromatic carbocycles. The number of carbonyl (C=O) groups is 3. The van der Waals surface area contributed by atoms with Crippen LogP contribution in [0.1, 0.15) is 71.4 Å². The molecule has 1 amide bonds. The Morgan fingerprint density at radius 2 is 1.60 bits per heavy atom. The van der Waals surface area contributed by atoms with Crippen LogP contribution < -0.4 is 5.32 Å². The van der Waals surface area contributed by atoms with E-state index in [4.69, 9.17) is 4.74 Å². The van der Waals surface area contributed by atoms with Gasteiger partial charge >= 0.3 is 5.97 Å². The first-order valence-electron chi connectivity index (χ1n) is 10.6. The van der Waals surface area contributed by atoms with Crippen LogP contribution in [-0.2, 0) is 9.53 Å². The van der Waals surface area contributed by atoms with Crippen LogP contribution in [0.15, 0.2) is 48.5 Å². The predicted octanol–water partition coefficient (Wildman–Crippen LogP) is 4.47. The van der Waals surface area contributed by atoms with Crippen molar-refractivity contribution >= 4 is 17.7 Å². The molecule has 0 radical (unpaired) electrons. The third-order valence-electron chi connectivity index (χ3n) is 5.80. The van der Waals surface area contributed by atoms with Crippen LogP contribution in [0, 0.1) is 12.8 Å². The quantitative estimate of drug-likeness (QED) is 0.567. The number of carbonyl (C=O) groups excluding carboxylic acids is 3. The van der Waals surface area contributed by atoms with Gasteiger partial charge in [0.1, 0.15) is 0 Å². The number of benzene rings is 2. The molecule has 5 heteroatoms. The lowest BCUT2D eigenvalue weighted by Crippen LogP contribution is -2.46. The van der Waals surface area contributed by atoms with Crippen LogP contribution in [-0.4, -0.2) is 29.8 Å². The van der Waals surface area contributed by atoms with Crippen LogP contribution in [0.4, 0.5) is 0 Å². The van der Waals surface area contributed by atoms with Crippen molar-refractivity contribution in [3.05, 3.63) is 70.8 Å². The summed E-state index contributed by atoms with van der Waals surface area (Å²) in [6.45, 7) is 5.64. The average Bonchev–Trinajstić information content (AvgIpc) is 2.75. The third kappa shape index (κ3) is 5.15. The van der Waals surface area contributed by atoms with Gasteiger partial charge in [0.15, 0.2) is 11.9 Å². The smallest absolute Gasteiger partial charge is 0.339 e. The highest BCUT2D eigenvalue weighted by atomic mass is 16.5. The van der Waals surface area contributed by atoms with Crippen molar-refractivity contribution in [1.29, 1.82) is 0 Å².